The third-order valence-electron chi connectivity index (χ3n) is 4.76. The van der Waals surface area contributed by atoms with Crippen LogP contribution >= 0.6 is 0 Å². The minimum atomic E-state index is -0.133. The van der Waals surface area contributed by atoms with Crippen molar-refractivity contribution in [3.05, 3.63) is 59.9 Å². The highest BCUT2D eigenvalue weighted by Gasteiger charge is 2.22. The molecule has 25 heavy (non-hydrogen) atoms. The number of anilines is 1. The van der Waals surface area contributed by atoms with Gasteiger partial charge in [0.05, 0.1) is 0 Å². The highest BCUT2D eigenvalue weighted by molar-refractivity contribution is 5.93. The highest BCUT2D eigenvalue weighted by Crippen LogP contribution is 2.22. The van der Waals surface area contributed by atoms with Crippen molar-refractivity contribution >= 4 is 11.6 Å². The summed E-state index contributed by atoms with van der Waals surface area (Å²) in [4.78, 5) is 21.3. The van der Waals surface area contributed by atoms with E-state index in [9.17, 15) is 4.79 Å². The Labute approximate surface area is 149 Å². The van der Waals surface area contributed by atoms with E-state index < -0.39 is 0 Å². The average molecular weight is 338 g/mol. The first-order valence-corrected chi connectivity index (χ1v) is 8.83. The number of nitrogens with zero attached hydrogens (tertiary/aromatic N) is 3. The van der Waals surface area contributed by atoms with Gasteiger partial charge >= 0.3 is 0 Å². The fourth-order valence-corrected chi connectivity index (χ4v) is 3.22. The summed E-state index contributed by atoms with van der Waals surface area (Å²) in [7, 11) is 4.26. The summed E-state index contributed by atoms with van der Waals surface area (Å²) in [5.41, 5.74) is 2.63. The van der Waals surface area contributed by atoms with E-state index in [4.69, 9.17) is 0 Å². The Bertz CT molecular complexity index is 702. The molecule has 0 spiro atoms. The predicted octanol–water partition coefficient (Wildman–Crippen LogP) is 2.54. The molecule has 1 atom stereocenters. The number of carbonyl (C=O) groups excluding carboxylic acids is 1. The lowest BCUT2D eigenvalue weighted by Gasteiger charge is -2.37. The topological polar surface area (TPSA) is 48.5 Å². The van der Waals surface area contributed by atoms with Gasteiger partial charge in [-0.15, -0.1) is 0 Å². The third kappa shape index (κ3) is 4.57. The van der Waals surface area contributed by atoms with E-state index in [1.807, 2.05) is 42.5 Å². The SMILES string of the molecule is CN(C)C1CCCN(c2ccnc(C(=O)NCc3ccccc3)c2)C1. The lowest BCUT2D eigenvalue weighted by Crippen LogP contribution is -2.45. The summed E-state index contributed by atoms with van der Waals surface area (Å²) in [6.07, 6.45) is 4.12. The fourth-order valence-electron chi connectivity index (χ4n) is 3.22. The van der Waals surface area contributed by atoms with Crippen molar-refractivity contribution in [1.82, 2.24) is 15.2 Å². The maximum absolute atomic E-state index is 12.4. The van der Waals surface area contributed by atoms with Gasteiger partial charge < -0.3 is 15.1 Å². The summed E-state index contributed by atoms with van der Waals surface area (Å²) >= 11 is 0. The number of likely N-dealkylation sites (N-methyl/N-ethyl adjacent to an activating group) is 1. The summed E-state index contributed by atoms with van der Waals surface area (Å²) in [6.45, 7) is 2.53. The van der Waals surface area contributed by atoms with Crippen molar-refractivity contribution in [3.63, 3.8) is 0 Å². The van der Waals surface area contributed by atoms with Gasteiger partial charge in [-0.2, -0.15) is 0 Å². The van der Waals surface area contributed by atoms with E-state index >= 15 is 0 Å². The van der Waals surface area contributed by atoms with Crippen LogP contribution in [0.25, 0.3) is 0 Å². The quantitative estimate of drug-likeness (QED) is 0.910. The molecule has 2 heterocycles. The zero-order valence-corrected chi connectivity index (χ0v) is 15.0. The lowest BCUT2D eigenvalue weighted by molar-refractivity contribution is 0.0946. The van der Waals surface area contributed by atoms with Gasteiger partial charge in [0.15, 0.2) is 0 Å². The number of rotatable bonds is 5. The molecule has 1 saturated heterocycles. The van der Waals surface area contributed by atoms with Crippen LogP contribution in [0.3, 0.4) is 0 Å². The van der Waals surface area contributed by atoms with Crippen LogP contribution in [0.15, 0.2) is 48.7 Å². The van der Waals surface area contributed by atoms with Crippen LogP contribution < -0.4 is 10.2 Å². The largest absolute Gasteiger partial charge is 0.370 e. The molecule has 5 nitrogen and oxygen atoms in total. The molecule has 1 aromatic heterocycles. The second-order valence-electron chi connectivity index (χ2n) is 6.77. The van der Waals surface area contributed by atoms with Crippen LogP contribution in [-0.2, 0) is 6.54 Å². The number of aromatic nitrogens is 1. The Kier molecular flexibility index (Phi) is 5.66. The minimum Gasteiger partial charge on any atom is -0.370 e. The van der Waals surface area contributed by atoms with Gasteiger partial charge in [-0.25, -0.2) is 0 Å². The highest BCUT2D eigenvalue weighted by atomic mass is 16.1. The zero-order valence-electron chi connectivity index (χ0n) is 15.0. The van der Waals surface area contributed by atoms with Crippen LogP contribution in [0, 0.1) is 0 Å². The Morgan fingerprint density at radius 1 is 1.28 bits per heavy atom. The molecule has 0 aliphatic carbocycles. The van der Waals surface area contributed by atoms with E-state index in [0.717, 1.165) is 24.3 Å². The number of piperidine rings is 1. The van der Waals surface area contributed by atoms with E-state index in [1.165, 1.54) is 12.8 Å². The molecule has 1 aliphatic heterocycles. The first-order chi connectivity index (χ1) is 12.1. The summed E-state index contributed by atoms with van der Waals surface area (Å²) in [5.74, 6) is -0.133. The molecule has 1 amide bonds. The second kappa shape index (κ2) is 8.12. The summed E-state index contributed by atoms with van der Waals surface area (Å²) in [6, 6.07) is 14.4. The first-order valence-electron chi connectivity index (χ1n) is 8.83. The molecule has 132 valence electrons. The third-order valence-corrected chi connectivity index (χ3v) is 4.76. The smallest absolute Gasteiger partial charge is 0.270 e. The summed E-state index contributed by atoms with van der Waals surface area (Å²) < 4.78 is 0. The molecule has 1 unspecified atom stereocenters. The van der Waals surface area contributed by atoms with E-state index in [1.54, 1.807) is 6.20 Å². The molecule has 1 aromatic carbocycles. The number of benzene rings is 1. The Morgan fingerprint density at radius 2 is 2.08 bits per heavy atom. The van der Waals surface area contributed by atoms with Crippen molar-refractivity contribution < 1.29 is 4.79 Å². The van der Waals surface area contributed by atoms with Crippen LogP contribution in [0.2, 0.25) is 0 Å². The maximum atomic E-state index is 12.4. The molecular formula is C20H26N4O. The zero-order chi connectivity index (χ0) is 17.6. The van der Waals surface area contributed by atoms with Gasteiger partial charge in [0.25, 0.3) is 5.91 Å². The lowest BCUT2D eigenvalue weighted by atomic mass is 10.0. The Hall–Kier alpha value is -2.40. The molecule has 2 aromatic rings. The Balaban J connectivity index is 1.65. The maximum Gasteiger partial charge on any atom is 0.270 e. The standard InChI is InChI=1S/C20H26N4O/c1-23(2)18-9-6-12-24(15-18)17-10-11-21-19(13-17)20(25)22-14-16-7-4-3-5-8-16/h3-5,7-8,10-11,13,18H,6,9,12,14-15H2,1-2H3,(H,22,25). The van der Waals surface area contributed by atoms with Gasteiger partial charge in [0.2, 0.25) is 0 Å². The van der Waals surface area contributed by atoms with Gasteiger partial charge in [-0.3, -0.25) is 9.78 Å². The van der Waals surface area contributed by atoms with Crippen molar-refractivity contribution in [3.8, 4) is 0 Å². The summed E-state index contributed by atoms with van der Waals surface area (Å²) in [5, 5.41) is 2.94. The molecular weight excluding hydrogens is 312 g/mol. The average Bonchev–Trinajstić information content (AvgIpc) is 2.67. The molecule has 1 aliphatic rings. The van der Waals surface area contributed by atoms with E-state index in [2.05, 4.69) is 34.2 Å². The second-order valence-corrected chi connectivity index (χ2v) is 6.77. The number of nitrogens with one attached hydrogen (secondary N) is 1. The van der Waals surface area contributed by atoms with Crippen LogP contribution in [0.1, 0.15) is 28.9 Å². The van der Waals surface area contributed by atoms with Gasteiger partial charge in [0.1, 0.15) is 5.69 Å². The van der Waals surface area contributed by atoms with Crippen molar-refractivity contribution in [2.75, 3.05) is 32.1 Å². The number of carbonyl (C=O) groups is 1. The molecule has 1 N–H and O–H groups in total. The molecule has 0 radical (unpaired) electrons. The number of hydrogen-bond donors (Lipinski definition) is 1. The number of amides is 1. The van der Waals surface area contributed by atoms with Gasteiger partial charge in [0, 0.05) is 37.6 Å². The monoisotopic (exact) mass is 338 g/mol. The number of hydrogen-bond acceptors (Lipinski definition) is 4. The van der Waals surface area contributed by atoms with E-state index in [0.29, 0.717) is 18.3 Å². The van der Waals surface area contributed by atoms with Crippen molar-refractivity contribution in [2.24, 2.45) is 0 Å². The van der Waals surface area contributed by atoms with Crippen molar-refractivity contribution in [2.45, 2.75) is 25.4 Å². The Morgan fingerprint density at radius 3 is 2.84 bits per heavy atom. The van der Waals surface area contributed by atoms with Crippen LogP contribution in [-0.4, -0.2) is 49.0 Å². The first kappa shape index (κ1) is 17.4. The van der Waals surface area contributed by atoms with Gasteiger partial charge in [-0.1, -0.05) is 30.3 Å². The molecule has 0 saturated carbocycles. The van der Waals surface area contributed by atoms with Crippen LogP contribution in [0.4, 0.5) is 5.69 Å². The minimum absolute atomic E-state index is 0.133. The predicted molar refractivity (Wildman–Crippen MR) is 101 cm³/mol. The molecule has 0 bridgehead atoms. The van der Waals surface area contributed by atoms with E-state index in [-0.39, 0.29) is 5.91 Å². The number of pyridine rings is 1. The molecule has 3 rings (SSSR count). The molecule has 5 heteroatoms. The van der Waals surface area contributed by atoms with Gasteiger partial charge in [-0.05, 0) is 44.6 Å². The van der Waals surface area contributed by atoms with Crippen LogP contribution in [0.5, 0.6) is 0 Å². The fraction of sp³-hybridized carbons (Fsp3) is 0.400. The normalized spacial score (nSPS) is 17.6. The molecule has 1 fully saturated rings. The van der Waals surface area contributed by atoms with Crippen molar-refractivity contribution in [1.29, 1.82) is 0 Å².